The van der Waals surface area contributed by atoms with Crippen LogP contribution in [0.1, 0.15) is 12.8 Å². The van der Waals surface area contributed by atoms with Crippen LogP contribution in [0.25, 0.3) is 0 Å². The molecule has 0 radical (unpaired) electrons. The highest BCUT2D eigenvalue weighted by molar-refractivity contribution is 8.02. The number of piperidine rings is 1. The van der Waals surface area contributed by atoms with E-state index in [1.165, 1.54) is 0 Å². The summed E-state index contributed by atoms with van der Waals surface area (Å²) in [4.78, 5) is 28.8. The minimum atomic E-state index is -0.303. The molecular weight excluding hydrogens is 402 g/mol. The number of thioether (sulfide) groups is 1. The van der Waals surface area contributed by atoms with E-state index in [4.69, 9.17) is 9.47 Å². The number of nitrogens with one attached hydrogen (secondary N) is 1. The number of carbonyl (C=O) groups excluding carboxylic acids is 2. The molecule has 4 rings (SSSR count). The molecule has 1 spiro atoms. The van der Waals surface area contributed by atoms with Crippen LogP contribution < -0.4 is 19.7 Å². The highest BCUT2D eigenvalue weighted by Gasteiger charge is 2.49. The zero-order valence-corrected chi connectivity index (χ0v) is 17.9. The second kappa shape index (κ2) is 8.47. The Labute approximate surface area is 180 Å². The maximum absolute atomic E-state index is 12.7. The van der Waals surface area contributed by atoms with Gasteiger partial charge in [-0.1, -0.05) is 0 Å². The zero-order chi connectivity index (χ0) is 21.1. The molecule has 0 atom stereocenters. The summed E-state index contributed by atoms with van der Waals surface area (Å²) in [5, 5.41) is 2.94. The van der Waals surface area contributed by atoms with Crippen LogP contribution in [0.3, 0.4) is 0 Å². The predicted molar refractivity (Wildman–Crippen MR) is 118 cm³/mol. The lowest BCUT2D eigenvalue weighted by atomic mass is 10.0. The second-order valence-corrected chi connectivity index (χ2v) is 8.65. The van der Waals surface area contributed by atoms with Gasteiger partial charge in [-0.15, -0.1) is 11.8 Å². The average Bonchev–Trinajstić information content (AvgIpc) is 3.10. The van der Waals surface area contributed by atoms with Crippen LogP contribution in [0.5, 0.6) is 11.5 Å². The van der Waals surface area contributed by atoms with Gasteiger partial charge < -0.3 is 19.7 Å². The highest BCUT2D eigenvalue weighted by atomic mass is 32.2. The van der Waals surface area contributed by atoms with E-state index < -0.39 is 0 Å². The van der Waals surface area contributed by atoms with E-state index in [1.807, 2.05) is 58.3 Å². The minimum Gasteiger partial charge on any atom is -0.497 e. The molecule has 0 saturated carbocycles. The second-order valence-electron chi connectivity index (χ2n) is 7.31. The SMILES string of the molecule is COc1ccc(NC(=O)N2CCC3(CC2)SCC(=O)N3c2ccc(OC)cc2)cc1. The molecule has 3 amide bonds. The quantitative estimate of drug-likeness (QED) is 0.804. The first-order chi connectivity index (χ1) is 14.5. The largest absolute Gasteiger partial charge is 0.497 e. The smallest absolute Gasteiger partial charge is 0.321 e. The number of amides is 3. The van der Waals surface area contributed by atoms with Crippen molar-refractivity contribution in [3.63, 3.8) is 0 Å². The number of benzene rings is 2. The molecule has 2 saturated heterocycles. The van der Waals surface area contributed by atoms with Crippen molar-refractivity contribution in [3.05, 3.63) is 48.5 Å². The fraction of sp³-hybridized carbons (Fsp3) is 0.364. The van der Waals surface area contributed by atoms with E-state index in [1.54, 1.807) is 26.0 Å². The van der Waals surface area contributed by atoms with Gasteiger partial charge in [-0.3, -0.25) is 9.69 Å². The average molecular weight is 428 g/mol. The summed E-state index contributed by atoms with van der Waals surface area (Å²) in [6.07, 6.45) is 1.46. The van der Waals surface area contributed by atoms with Gasteiger partial charge in [0.05, 0.1) is 24.8 Å². The number of likely N-dealkylation sites (tertiary alicyclic amines) is 1. The Morgan fingerprint density at radius 1 is 0.967 bits per heavy atom. The van der Waals surface area contributed by atoms with Crippen molar-refractivity contribution in [1.82, 2.24) is 4.90 Å². The van der Waals surface area contributed by atoms with Crippen LogP contribution in [-0.2, 0) is 4.79 Å². The van der Waals surface area contributed by atoms with Crippen LogP contribution in [0, 0.1) is 0 Å². The molecule has 0 bridgehead atoms. The van der Waals surface area contributed by atoms with Gasteiger partial charge in [-0.25, -0.2) is 4.79 Å². The first kappa shape index (κ1) is 20.4. The lowest BCUT2D eigenvalue weighted by Crippen LogP contribution is -2.53. The van der Waals surface area contributed by atoms with E-state index in [0.29, 0.717) is 18.8 Å². The third-order valence-electron chi connectivity index (χ3n) is 5.63. The maximum atomic E-state index is 12.7. The summed E-state index contributed by atoms with van der Waals surface area (Å²) in [5.74, 6) is 2.08. The van der Waals surface area contributed by atoms with Crippen LogP contribution in [0.15, 0.2) is 48.5 Å². The lowest BCUT2D eigenvalue weighted by molar-refractivity contribution is -0.116. The predicted octanol–water partition coefficient (Wildman–Crippen LogP) is 3.81. The van der Waals surface area contributed by atoms with E-state index in [2.05, 4.69) is 5.32 Å². The van der Waals surface area contributed by atoms with Crippen LogP contribution in [-0.4, -0.2) is 54.8 Å². The van der Waals surface area contributed by atoms with Crippen molar-refractivity contribution in [2.24, 2.45) is 0 Å². The molecule has 0 unspecified atom stereocenters. The van der Waals surface area contributed by atoms with Crippen LogP contribution in [0.4, 0.5) is 16.2 Å². The van der Waals surface area contributed by atoms with Crippen molar-refractivity contribution in [2.75, 3.05) is 43.3 Å². The molecule has 2 aliphatic heterocycles. The molecule has 8 heteroatoms. The maximum Gasteiger partial charge on any atom is 0.321 e. The monoisotopic (exact) mass is 427 g/mol. The summed E-state index contributed by atoms with van der Waals surface area (Å²) in [6.45, 7) is 1.18. The Bertz CT molecular complexity index is 909. The molecule has 30 heavy (non-hydrogen) atoms. The molecule has 2 aromatic carbocycles. The molecule has 1 N–H and O–H groups in total. The number of methoxy groups -OCH3 is 2. The summed E-state index contributed by atoms with van der Waals surface area (Å²) >= 11 is 1.68. The van der Waals surface area contributed by atoms with Gasteiger partial charge in [0.15, 0.2) is 0 Å². The lowest BCUT2D eigenvalue weighted by Gasteiger charge is -2.43. The number of hydrogen-bond donors (Lipinski definition) is 1. The number of carbonyl (C=O) groups is 2. The molecule has 158 valence electrons. The first-order valence-electron chi connectivity index (χ1n) is 9.86. The number of anilines is 2. The van der Waals surface area contributed by atoms with Gasteiger partial charge in [0.2, 0.25) is 5.91 Å². The van der Waals surface area contributed by atoms with Crippen molar-refractivity contribution in [3.8, 4) is 11.5 Å². The van der Waals surface area contributed by atoms with Gasteiger partial charge in [-0.2, -0.15) is 0 Å². The Morgan fingerprint density at radius 2 is 1.53 bits per heavy atom. The number of nitrogens with zero attached hydrogens (tertiary/aromatic N) is 2. The molecule has 2 aliphatic rings. The van der Waals surface area contributed by atoms with Gasteiger partial charge in [0.25, 0.3) is 0 Å². The third kappa shape index (κ3) is 3.92. The molecule has 0 aliphatic carbocycles. The standard InChI is InChI=1S/C22H25N3O4S/c1-28-18-7-3-16(4-8-18)23-21(27)24-13-11-22(12-14-24)25(20(26)15-30-22)17-5-9-19(29-2)10-6-17/h3-10H,11-15H2,1-2H3,(H,23,27). The van der Waals surface area contributed by atoms with E-state index in [0.717, 1.165) is 35.7 Å². The van der Waals surface area contributed by atoms with E-state index in [-0.39, 0.29) is 16.8 Å². The van der Waals surface area contributed by atoms with Gasteiger partial charge in [0, 0.05) is 24.5 Å². The van der Waals surface area contributed by atoms with Crippen molar-refractivity contribution >= 4 is 35.1 Å². The Hall–Kier alpha value is -2.87. The molecule has 2 aromatic rings. The van der Waals surface area contributed by atoms with Crippen molar-refractivity contribution in [1.29, 1.82) is 0 Å². The summed E-state index contributed by atoms with van der Waals surface area (Å²) in [7, 11) is 3.23. The summed E-state index contributed by atoms with van der Waals surface area (Å²) in [6, 6.07) is 14.7. The Balaban J connectivity index is 1.42. The summed E-state index contributed by atoms with van der Waals surface area (Å²) in [5.41, 5.74) is 1.60. The fourth-order valence-electron chi connectivity index (χ4n) is 3.97. The number of urea groups is 1. The summed E-state index contributed by atoms with van der Waals surface area (Å²) < 4.78 is 10.4. The minimum absolute atomic E-state index is 0.112. The molecule has 2 heterocycles. The fourth-order valence-corrected chi connectivity index (χ4v) is 5.30. The molecular formula is C22H25N3O4S. The van der Waals surface area contributed by atoms with Gasteiger partial charge in [-0.05, 0) is 61.4 Å². The zero-order valence-electron chi connectivity index (χ0n) is 17.1. The van der Waals surface area contributed by atoms with E-state index in [9.17, 15) is 9.59 Å². The number of ether oxygens (including phenoxy) is 2. The number of rotatable bonds is 4. The van der Waals surface area contributed by atoms with E-state index >= 15 is 0 Å². The first-order valence-corrected chi connectivity index (χ1v) is 10.8. The normalized spacial score (nSPS) is 17.9. The third-order valence-corrected chi connectivity index (χ3v) is 7.14. The highest BCUT2D eigenvalue weighted by Crippen LogP contribution is 2.47. The molecule has 7 nitrogen and oxygen atoms in total. The van der Waals surface area contributed by atoms with Gasteiger partial charge >= 0.3 is 6.03 Å². The van der Waals surface area contributed by atoms with Crippen molar-refractivity contribution in [2.45, 2.75) is 17.7 Å². The van der Waals surface area contributed by atoms with Gasteiger partial charge in [0.1, 0.15) is 11.5 Å². The topological polar surface area (TPSA) is 71.1 Å². The Morgan fingerprint density at radius 3 is 2.10 bits per heavy atom. The molecule has 0 aromatic heterocycles. The molecule has 2 fully saturated rings. The Kier molecular flexibility index (Phi) is 5.76. The van der Waals surface area contributed by atoms with Crippen LogP contribution >= 0.6 is 11.8 Å². The number of hydrogen-bond acceptors (Lipinski definition) is 5. The van der Waals surface area contributed by atoms with Crippen molar-refractivity contribution < 1.29 is 19.1 Å². The van der Waals surface area contributed by atoms with Crippen LogP contribution in [0.2, 0.25) is 0 Å².